The number of benzene rings is 1. The molecule has 0 aliphatic rings. The third-order valence-electron chi connectivity index (χ3n) is 2.47. The Kier molecular flexibility index (Phi) is 2.83. The summed E-state index contributed by atoms with van der Waals surface area (Å²) in [5, 5.41) is 8.89. The van der Waals surface area contributed by atoms with Crippen LogP contribution in [0.5, 0.6) is 0 Å². The molecule has 3 nitrogen and oxygen atoms in total. The van der Waals surface area contributed by atoms with Gasteiger partial charge in [-0.2, -0.15) is 0 Å². The number of imidazole rings is 1. The molecule has 0 atom stereocenters. The Labute approximate surface area is 88.8 Å². The van der Waals surface area contributed by atoms with Gasteiger partial charge in [-0.25, -0.2) is 4.98 Å². The molecule has 0 radical (unpaired) electrons. The summed E-state index contributed by atoms with van der Waals surface area (Å²) >= 11 is 0. The highest BCUT2D eigenvalue weighted by Crippen LogP contribution is 2.11. The topological polar surface area (TPSA) is 48.9 Å². The summed E-state index contributed by atoms with van der Waals surface area (Å²) in [6.45, 7) is 2.08. The van der Waals surface area contributed by atoms with Crippen molar-refractivity contribution in [2.45, 2.75) is 20.0 Å². The second kappa shape index (κ2) is 4.28. The number of aliphatic hydroxyl groups excluding tert-OH is 1. The Hall–Kier alpha value is -1.61. The van der Waals surface area contributed by atoms with Crippen LogP contribution in [0.2, 0.25) is 0 Å². The maximum absolute atomic E-state index is 8.89. The fourth-order valence-corrected chi connectivity index (χ4v) is 1.56. The first-order valence-electron chi connectivity index (χ1n) is 4.98. The number of aryl methyl sites for hydroxylation is 1. The predicted molar refractivity (Wildman–Crippen MR) is 58.5 cm³/mol. The van der Waals surface area contributed by atoms with Crippen molar-refractivity contribution in [3.63, 3.8) is 0 Å². The number of H-pyrrole nitrogens is 1. The SMILES string of the molecule is Cc1ccccc1Cc1nc(CO)c[nH]1. The zero-order chi connectivity index (χ0) is 10.7. The molecule has 1 aromatic heterocycles. The van der Waals surface area contributed by atoms with E-state index in [1.54, 1.807) is 6.20 Å². The van der Waals surface area contributed by atoms with Gasteiger partial charge in [0.2, 0.25) is 0 Å². The maximum Gasteiger partial charge on any atom is 0.110 e. The fraction of sp³-hybridized carbons (Fsp3) is 0.250. The van der Waals surface area contributed by atoms with Crippen LogP contribution in [-0.4, -0.2) is 15.1 Å². The van der Waals surface area contributed by atoms with Crippen LogP contribution in [0.15, 0.2) is 30.5 Å². The first-order chi connectivity index (χ1) is 7.29. The molecule has 2 N–H and O–H groups in total. The highest BCUT2D eigenvalue weighted by molar-refractivity contribution is 5.28. The van der Waals surface area contributed by atoms with E-state index in [-0.39, 0.29) is 6.61 Å². The molecule has 0 amide bonds. The normalized spacial score (nSPS) is 10.5. The lowest BCUT2D eigenvalue weighted by Crippen LogP contribution is -1.94. The van der Waals surface area contributed by atoms with E-state index < -0.39 is 0 Å². The monoisotopic (exact) mass is 202 g/mol. The molecule has 1 aromatic carbocycles. The van der Waals surface area contributed by atoms with E-state index >= 15 is 0 Å². The number of hydrogen-bond acceptors (Lipinski definition) is 2. The fourth-order valence-electron chi connectivity index (χ4n) is 1.56. The Morgan fingerprint density at radius 1 is 1.33 bits per heavy atom. The lowest BCUT2D eigenvalue weighted by molar-refractivity contribution is 0.277. The summed E-state index contributed by atoms with van der Waals surface area (Å²) in [5.41, 5.74) is 3.22. The molecule has 0 aliphatic carbocycles. The van der Waals surface area contributed by atoms with Gasteiger partial charge in [0, 0.05) is 12.6 Å². The molecule has 0 saturated carbocycles. The van der Waals surface area contributed by atoms with Crippen molar-refractivity contribution >= 4 is 0 Å². The molecule has 0 fully saturated rings. The molecule has 1 heterocycles. The van der Waals surface area contributed by atoms with E-state index in [0.717, 1.165) is 12.2 Å². The Bertz CT molecular complexity index is 448. The average molecular weight is 202 g/mol. The highest BCUT2D eigenvalue weighted by Gasteiger charge is 2.03. The predicted octanol–water partition coefficient (Wildman–Crippen LogP) is 1.80. The van der Waals surface area contributed by atoms with Crippen LogP contribution < -0.4 is 0 Å². The van der Waals surface area contributed by atoms with E-state index in [4.69, 9.17) is 5.11 Å². The van der Waals surface area contributed by atoms with Gasteiger partial charge in [-0.15, -0.1) is 0 Å². The summed E-state index contributed by atoms with van der Waals surface area (Å²) in [7, 11) is 0. The molecule has 0 unspecified atom stereocenters. The lowest BCUT2D eigenvalue weighted by Gasteiger charge is -2.02. The first kappa shape index (κ1) is 9.93. The van der Waals surface area contributed by atoms with Gasteiger partial charge in [0.05, 0.1) is 12.3 Å². The zero-order valence-electron chi connectivity index (χ0n) is 8.70. The number of nitrogens with zero attached hydrogens (tertiary/aromatic N) is 1. The quantitative estimate of drug-likeness (QED) is 0.797. The van der Waals surface area contributed by atoms with Crippen LogP contribution >= 0.6 is 0 Å². The van der Waals surface area contributed by atoms with Gasteiger partial charge in [0.15, 0.2) is 0 Å². The number of nitrogens with one attached hydrogen (secondary N) is 1. The summed E-state index contributed by atoms with van der Waals surface area (Å²) in [5.74, 6) is 0.897. The molecular weight excluding hydrogens is 188 g/mol. The van der Waals surface area contributed by atoms with Crippen LogP contribution in [0, 0.1) is 6.92 Å². The van der Waals surface area contributed by atoms with Gasteiger partial charge in [-0.1, -0.05) is 24.3 Å². The van der Waals surface area contributed by atoms with Crippen molar-refractivity contribution in [3.8, 4) is 0 Å². The molecule has 3 heteroatoms. The third kappa shape index (κ3) is 2.25. The van der Waals surface area contributed by atoms with Crippen molar-refractivity contribution in [1.82, 2.24) is 9.97 Å². The van der Waals surface area contributed by atoms with Crippen LogP contribution in [0.1, 0.15) is 22.6 Å². The Balaban J connectivity index is 2.18. The maximum atomic E-state index is 8.89. The van der Waals surface area contributed by atoms with Gasteiger partial charge in [0.25, 0.3) is 0 Å². The molecule has 0 aliphatic heterocycles. The summed E-state index contributed by atoms with van der Waals surface area (Å²) in [4.78, 5) is 7.32. The standard InChI is InChI=1S/C12H14N2O/c1-9-4-2-3-5-10(9)6-12-13-7-11(8-15)14-12/h2-5,7,15H,6,8H2,1H3,(H,13,14). The molecule has 78 valence electrons. The minimum absolute atomic E-state index is 0.00965. The van der Waals surface area contributed by atoms with Crippen LogP contribution in [0.3, 0.4) is 0 Å². The number of aliphatic hydroxyl groups is 1. The Morgan fingerprint density at radius 2 is 2.13 bits per heavy atom. The van der Waals surface area contributed by atoms with E-state index in [2.05, 4.69) is 29.0 Å². The van der Waals surface area contributed by atoms with Gasteiger partial charge >= 0.3 is 0 Å². The summed E-state index contributed by atoms with van der Waals surface area (Å²) < 4.78 is 0. The smallest absolute Gasteiger partial charge is 0.110 e. The lowest BCUT2D eigenvalue weighted by atomic mass is 10.1. The molecule has 2 aromatic rings. The molecule has 0 spiro atoms. The van der Waals surface area contributed by atoms with Gasteiger partial charge < -0.3 is 10.1 Å². The second-order valence-electron chi connectivity index (χ2n) is 3.60. The van der Waals surface area contributed by atoms with Gasteiger partial charge in [0.1, 0.15) is 5.82 Å². The van der Waals surface area contributed by atoms with Gasteiger partial charge in [-0.05, 0) is 18.1 Å². The Morgan fingerprint density at radius 3 is 2.80 bits per heavy atom. The largest absolute Gasteiger partial charge is 0.390 e. The van der Waals surface area contributed by atoms with E-state index in [9.17, 15) is 0 Å². The van der Waals surface area contributed by atoms with Crippen molar-refractivity contribution in [3.05, 3.63) is 53.1 Å². The molecular formula is C12H14N2O. The number of rotatable bonds is 3. The molecule has 0 bridgehead atoms. The summed E-state index contributed by atoms with van der Waals surface area (Å²) in [6, 6.07) is 8.24. The van der Waals surface area contributed by atoms with Crippen LogP contribution in [-0.2, 0) is 13.0 Å². The number of aromatic nitrogens is 2. The van der Waals surface area contributed by atoms with Crippen molar-refractivity contribution in [1.29, 1.82) is 0 Å². The highest BCUT2D eigenvalue weighted by atomic mass is 16.3. The molecule has 15 heavy (non-hydrogen) atoms. The van der Waals surface area contributed by atoms with E-state index in [1.807, 2.05) is 12.1 Å². The second-order valence-corrected chi connectivity index (χ2v) is 3.60. The first-order valence-corrected chi connectivity index (χ1v) is 4.98. The van der Waals surface area contributed by atoms with Crippen molar-refractivity contribution < 1.29 is 5.11 Å². The minimum atomic E-state index is -0.00965. The number of aromatic amines is 1. The van der Waals surface area contributed by atoms with Crippen molar-refractivity contribution in [2.24, 2.45) is 0 Å². The summed E-state index contributed by atoms with van der Waals surface area (Å²) in [6.07, 6.45) is 2.53. The average Bonchev–Trinajstić information content (AvgIpc) is 2.69. The van der Waals surface area contributed by atoms with Crippen molar-refractivity contribution in [2.75, 3.05) is 0 Å². The van der Waals surface area contributed by atoms with E-state index in [1.165, 1.54) is 11.1 Å². The van der Waals surface area contributed by atoms with Gasteiger partial charge in [-0.3, -0.25) is 0 Å². The zero-order valence-corrected chi connectivity index (χ0v) is 8.70. The van der Waals surface area contributed by atoms with E-state index in [0.29, 0.717) is 5.69 Å². The molecule has 2 rings (SSSR count). The van der Waals surface area contributed by atoms with Crippen LogP contribution in [0.4, 0.5) is 0 Å². The third-order valence-corrected chi connectivity index (χ3v) is 2.47. The number of hydrogen-bond donors (Lipinski definition) is 2. The minimum Gasteiger partial charge on any atom is -0.390 e. The van der Waals surface area contributed by atoms with Crippen LogP contribution in [0.25, 0.3) is 0 Å². The molecule has 0 saturated heterocycles.